The topological polar surface area (TPSA) is 46.2 Å². The smallest absolute Gasteiger partial charge is 0.106 e. The van der Waals surface area contributed by atoms with Gasteiger partial charge in [-0.3, -0.25) is 0 Å². The molecule has 1 rings (SSSR count). The number of aliphatic hydroxyl groups excluding tert-OH is 1. The van der Waals surface area contributed by atoms with E-state index in [-0.39, 0.29) is 0 Å². The number of allylic oxidation sites excluding steroid dienone is 1. The van der Waals surface area contributed by atoms with Gasteiger partial charge in [0.25, 0.3) is 0 Å². The molecule has 0 aliphatic heterocycles. The number of hydrogen-bond acceptors (Lipinski definition) is 2. The van der Waals surface area contributed by atoms with E-state index in [0.29, 0.717) is 11.3 Å². The molecule has 15 heavy (non-hydrogen) atoms. The third-order valence-corrected chi connectivity index (χ3v) is 2.37. The first-order valence-corrected chi connectivity index (χ1v) is 4.92. The second kappa shape index (κ2) is 4.80. The summed E-state index contributed by atoms with van der Waals surface area (Å²) in [5.74, 6) is 0. The van der Waals surface area contributed by atoms with Crippen molar-refractivity contribution in [3.05, 3.63) is 59.3 Å². The molecule has 1 aromatic carbocycles. The van der Waals surface area contributed by atoms with Crippen molar-refractivity contribution < 1.29 is 5.11 Å². The first-order chi connectivity index (χ1) is 7.06. The molecule has 0 aromatic heterocycles. The van der Waals surface area contributed by atoms with Gasteiger partial charge in [0.05, 0.1) is 0 Å². The minimum atomic E-state index is -0.687. The SMILES string of the molecule is C=C(N)/C(=C\C)C(O)c1ccc(C)cc1. The first-order valence-electron chi connectivity index (χ1n) is 4.92. The summed E-state index contributed by atoms with van der Waals surface area (Å²) in [6, 6.07) is 7.72. The van der Waals surface area contributed by atoms with Gasteiger partial charge >= 0.3 is 0 Å². The van der Waals surface area contributed by atoms with Gasteiger partial charge in [-0.25, -0.2) is 0 Å². The van der Waals surface area contributed by atoms with Crippen LogP contribution in [0.2, 0.25) is 0 Å². The van der Waals surface area contributed by atoms with Gasteiger partial charge in [-0.05, 0) is 19.4 Å². The Morgan fingerprint density at radius 1 is 1.40 bits per heavy atom. The highest BCUT2D eigenvalue weighted by Gasteiger charge is 2.13. The van der Waals surface area contributed by atoms with Crippen LogP contribution in [0.4, 0.5) is 0 Å². The Balaban J connectivity index is 2.98. The fourth-order valence-electron chi connectivity index (χ4n) is 1.45. The van der Waals surface area contributed by atoms with Crippen LogP contribution in [0.25, 0.3) is 0 Å². The number of rotatable bonds is 3. The number of aliphatic hydroxyl groups is 1. The van der Waals surface area contributed by atoms with Crippen molar-refractivity contribution in [1.29, 1.82) is 0 Å². The summed E-state index contributed by atoms with van der Waals surface area (Å²) in [7, 11) is 0. The number of nitrogens with two attached hydrogens (primary N) is 1. The van der Waals surface area contributed by atoms with E-state index < -0.39 is 6.10 Å². The number of hydrogen-bond donors (Lipinski definition) is 2. The monoisotopic (exact) mass is 203 g/mol. The van der Waals surface area contributed by atoms with Gasteiger partial charge in [0.15, 0.2) is 0 Å². The zero-order chi connectivity index (χ0) is 11.4. The average molecular weight is 203 g/mol. The van der Waals surface area contributed by atoms with E-state index in [1.165, 1.54) is 5.56 Å². The van der Waals surface area contributed by atoms with Crippen LogP contribution in [0.5, 0.6) is 0 Å². The molecule has 0 amide bonds. The van der Waals surface area contributed by atoms with E-state index in [4.69, 9.17) is 5.73 Å². The minimum absolute atomic E-state index is 0.408. The van der Waals surface area contributed by atoms with Gasteiger partial charge < -0.3 is 10.8 Å². The Labute approximate surface area is 90.7 Å². The zero-order valence-electron chi connectivity index (χ0n) is 9.20. The zero-order valence-corrected chi connectivity index (χ0v) is 9.20. The minimum Gasteiger partial charge on any atom is -0.399 e. The van der Waals surface area contributed by atoms with E-state index >= 15 is 0 Å². The molecule has 2 nitrogen and oxygen atoms in total. The van der Waals surface area contributed by atoms with Crippen LogP contribution in [0, 0.1) is 6.92 Å². The molecule has 0 saturated heterocycles. The van der Waals surface area contributed by atoms with Crippen molar-refractivity contribution >= 4 is 0 Å². The molecular weight excluding hydrogens is 186 g/mol. The van der Waals surface area contributed by atoms with E-state index in [9.17, 15) is 5.11 Å². The Kier molecular flexibility index (Phi) is 3.69. The van der Waals surface area contributed by atoms with Crippen LogP contribution in [0.1, 0.15) is 24.2 Å². The van der Waals surface area contributed by atoms with Gasteiger partial charge in [0.2, 0.25) is 0 Å². The molecule has 0 bridgehead atoms. The van der Waals surface area contributed by atoms with Gasteiger partial charge in [-0.15, -0.1) is 0 Å². The third kappa shape index (κ3) is 2.70. The summed E-state index contributed by atoms with van der Waals surface area (Å²) < 4.78 is 0. The maximum atomic E-state index is 10.0. The highest BCUT2D eigenvalue weighted by Crippen LogP contribution is 2.24. The molecule has 1 aromatic rings. The van der Waals surface area contributed by atoms with Crippen molar-refractivity contribution in [2.75, 3.05) is 0 Å². The van der Waals surface area contributed by atoms with Crippen LogP contribution < -0.4 is 5.73 Å². The van der Waals surface area contributed by atoms with Crippen LogP contribution in [0.15, 0.2) is 48.2 Å². The lowest BCUT2D eigenvalue weighted by Crippen LogP contribution is -2.08. The van der Waals surface area contributed by atoms with E-state index in [1.807, 2.05) is 38.1 Å². The Bertz CT molecular complexity index is 376. The predicted octanol–water partition coefficient (Wildman–Crippen LogP) is 2.45. The summed E-state index contributed by atoms with van der Waals surface area (Å²) in [4.78, 5) is 0. The molecule has 0 radical (unpaired) electrons. The largest absolute Gasteiger partial charge is 0.399 e. The predicted molar refractivity (Wildman–Crippen MR) is 63.2 cm³/mol. The molecule has 0 aliphatic rings. The summed E-state index contributed by atoms with van der Waals surface area (Å²) in [6.07, 6.45) is 1.10. The highest BCUT2D eigenvalue weighted by atomic mass is 16.3. The van der Waals surface area contributed by atoms with E-state index in [0.717, 1.165) is 5.56 Å². The molecule has 1 atom stereocenters. The molecule has 80 valence electrons. The fraction of sp³-hybridized carbons (Fsp3) is 0.231. The van der Waals surface area contributed by atoms with Crippen LogP contribution in [0.3, 0.4) is 0 Å². The standard InChI is InChI=1S/C13H17NO/c1-4-12(10(3)14)13(15)11-7-5-9(2)6-8-11/h4-8,13,15H,3,14H2,1-2H3/b12-4+. The van der Waals surface area contributed by atoms with Crippen molar-refractivity contribution in [3.8, 4) is 0 Å². The summed E-state index contributed by atoms with van der Waals surface area (Å²) in [5, 5.41) is 10.0. The Morgan fingerprint density at radius 3 is 2.33 bits per heavy atom. The fourth-order valence-corrected chi connectivity index (χ4v) is 1.45. The van der Waals surface area contributed by atoms with Crippen molar-refractivity contribution in [3.63, 3.8) is 0 Å². The van der Waals surface area contributed by atoms with E-state index in [1.54, 1.807) is 6.08 Å². The second-order valence-corrected chi connectivity index (χ2v) is 3.58. The maximum Gasteiger partial charge on any atom is 0.106 e. The molecule has 1 unspecified atom stereocenters. The second-order valence-electron chi connectivity index (χ2n) is 3.58. The van der Waals surface area contributed by atoms with Crippen molar-refractivity contribution in [1.82, 2.24) is 0 Å². The van der Waals surface area contributed by atoms with Crippen LogP contribution in [-0.2, 0) is 0 Å². The van der Waals surface area contributed by atoms with E-state index in [2.05, 4.69) is 6.58 Å². The lowest BCUT2D eigenvalue weighted by atomic mass is 9.99. The molecular formula is C13H17NO. The quantitative estimate of drug-likeness (QED) is 0.741. The lowest BCUT2D eigenvalue weighted by Gasteiger charge is -2.15. The molecule has 0 spiro atoms. The van der Waals surface area contributed by atoms with Gasteiger partial charge in [-0.1, -0.05) is 42.5 Å². The highest BCUT2D eigenvalue weighted by molar-refractivity contribution is 5.36. The van der Waals surface area contributed by atoms with Gasteiger partial charge in [-0.2, -0.15) is 0 Å². The molecule has 3 N–H and O–H groups in total. The summed E-state index contributed by atoms with van der Waals surface area (Å²) in [5.41, 5.74) is 8.67. The van der Waals surface area contributed by atoms with Crippen molar-refractivity contribution in [2.24, 2.45) is 5.73 Å². The number of aryl methyl sites for hydroxylation is 1. The molecule has 0 saturated carbocycles. The number of benzene rings is 1. The summed E-state index contributed by atoms with van der Waals surface area (Å²) in [6.45, 7) is 7.49. The lowest BCUT2D eigenvalue weighted by molar-refractivity contribution is 0.217. The molecule has 2 heteroatoms. The third-order valence-electron chi connectivity index (χ3n) is 2.37. The van der Waals surface area contributed by atoms with Gasteiger partial charge in [0, 0.05) is 11.3 Å². The normalized spacial score (nSPS) is 13.7. The Hall–Kier alpha value is -1.54. The Morgan fingerprint density at radius 2 is 1.93 bits per heavy atom. The molecule has 0 aliphatic carbocycles. The summed E-state index contributed by atoms with van der Waals surface area (Å²) >= 11 is 0. The molecule has 0 fully saturated rings. The van der Waals surface area contributed by atoms with Crippen LogP contribution in [-0.4, -0.2) is 5.11 Å². The first kappa shape index (κ1) is 11.5. The average Bonchev–Trinajstić information content (AvgIpc) is 2.19. The van der Waals surface area contributed by atoms with Crippen LogP contribution >= 0.6 is 0 Å². The van der Waals surface area contributed by atoms with Gasteiger partial charge in [0.1, 0.15) is 6.10 Å². The molecule has 0 heterocycles. The van der Waals surface area contributed by atoms with Crippen molar-refractivity contribution in [2.45, 2.75) is 20.0 Å². The maximum absolute atomic E-state index is 10.0.